The van der Waals surface area contributed by atoms with Gasteiger partial charge in [0, 0.05) is 9.77 Å². The Hall–Kier alpha value is -0.740. The summed E-state index contributed by atoms with van der Waals surface area (Å²) in [6, 6.07) is 1.98. The number of hydrogen-bond acceptors (Lipinski definition) is 2. The first-order chi connectivity index (χ1) is 11.1. The van der Waals surface area contributed by atoms with Crippen LogP contribution in [0.3, 0.4) is 0 Å². The molecule has 1 aromatic rings. The van der Waals surface area contributed by atoms with Crippen LogP contribution in [0.5, 0.6) is 0 Å². The molecule has 0 unspecified atom stereocenters. The maximum Gasteiger partial charge on any atom is 0.345 e. The lowest BCUT2D eigenvalue weighted by Gasteiger charge is -2.35. The predicted octanol–water partition coefficient (Wildman–Crippen LogP) is 6.75. The number of fused-ring (bicyclic) bond motifs is 1. The van der Waals surface area contributed by atoms with Gasteiger partial charge in [-0.15, -0.1) is 11.3 Å². The molecule has 0 bridgehead atoms. The first-order valence-corrected chi connectivity index (χ1v) is 11.8. The SMILES string of the molecule is CCCCCCS1(CCCCCC)C=Cc2sc(C(=O)O)cc21. The smallest absolute Gasteiger partial charge is 0.345 e. The van der Waals surface area contributed by atoms with Gasteiger partial charge in [-0.05, 0) is 41.9 Å². The van der Waals surface area contributed by atoms with E-state index in [0.29, 0.717) is 4.88 Å². The molecule has 1 aliphatic heterocycles. The van der Waals surface area contributed by atoms with Crippen LogP contribution >= 0.6 is 21.4 Å². The monoisotopic (exact) mass is 354 g/mol. The highest BCUT2D eigenvalue weighted by Crippen LogP contribution is 2.65. The van der Waals surface area contributed by atoms with Gasteiger partial charge in [-0.3, -0.25) is 0 Å². The van der Waals surface area contributed by atoms with Crippen LogP contribution in [-0.2, 0) is 0 Å². The highest BCUT2D eigenvalue weighted by Gasteiger charge is 2.31. The summed E-state index contributed by atoms with van der Waals surface area (Å²) in [4.78, 5) is 14.4. The van der Waals surface area contributed by atoms with Crippen molar-refractivity contribution in [1.29, 1.82) is 0 Å². The molecular formula is C19H30O2S2. The minimum absolute atomic E-state index is 0.512. The third-order valence-electron chi connectivity index (χ3n) is 4.58. The molecule has 0 atom stereocenters. The Morgan fingerprint density at radius 3 is 2.17 bits per heavy atom. The Morgan fingerprint density at radius 2 is 1.65 bits per heavy atom. The van der Waals surface area contributed by atoms with Gasteiger partial charge in [-0.25, -0.2) is 4.79 Å². The van der Waals surface area contributed by atoms with Crippen molar-refractivity contribution >= 4 is 33.4 Å². The average molecular weight is 355 g/mol. The molecule has 2 nitrogen and oxygen atoms in total. The van der Waals surface area contributed by atoms with Gasteiger partial charge in [-0.2, -0.15) is 10.0 Å². The van der Waals surface area contributed by atoms with Crippen molar-refractivity contribution in [3.63, 3.8) is 0 Å². The quantitative estimate of drug-likeness (QED) is 0.446. The maximum absolute atomic E-state index is 11.3. The minimum Gasteiger partial charge on any atom is -0.477 e. The van der Waals surface area contributed by atoms with E-state index >= 15 is 0 Å². The second kappa shape index (κ2) is 8.93. The van der Waals surface area contributed by atoms with Gasteiger partial charge in [-0.1, -0.05) is 52.4 Å². The highest BCUT2D eigenvalue weighted by atomic mass is 32.3. The molecule has 1 N–H and O–H groups in total. The topological polar surface area (TPSA) is 37.3 Å². The van der Waals surface area contributed by atoms with Crippen LogP contribution < -0.4 is 0 Å². The number of carboxylic acids is 1. The number of carbonyl (C=O) groups is 1. The number of thiophene rings is 1. The summed E-state index contributed by atoms with van der Waals surface area (Å²) >= 11 is 1.45. The fourth-order valence-corrected chi connectivity index (χ4v) is 8.52. The van der Waals surface area contributed by atoms with Gasteiger partial charge in [0.05, 0.1) is 0 Å². The van der Waals surface area contributed by atoms with E-state index in [1.165, 1.54) is 84.0 Å². The van der Waals surface area contributed by atoms with Crippen molar-refractivity contribution in [3.8, 4) is 0 Å². The third kappa shape index (κ3) is 4.63. The summed E-state index contributed by atoms with van der Waals surface area (Å²) in [5.74, 6) is 1.72. The van der Waals surface area contributed by atoms with Crippen LogP contribution in [0.2, 0.25) is 0 Å². The largest absolute Gasteiger partial charge is 0.477 e. The van der Waals surface area contributed by atoms with Gasteiger partial charge in [0.15, 0.2) is 0 Å². The Kier molecular flexibility index (Phi) is 7.22. The second-order valence-corrected chi connectivity index (χ2v) is 10.9. The lowest BCUT2D eigenvalue weighted by atomic mass is 10.2. The summed E-state index contributed by atoms with van der Waals surface area (Å²) in [5.41, 5.74) is 0. The standard InChI is InChI=1S/C19H30O2S2/c1-3-5-7-9-12-23(13-10-8-6-4-2)14-11-16-18(23)15-17(22-16)19(20)21/h11,14-15H,3-10,12-13H2,1-2H3,(H,20,21). The van der Waals surface area contributed by atoms with E-state index in [1.807, 2.05) is 6.07 Å². The first kappa shape index (κ1) is 18.6. The lowest BCUT2D eigenvalue weighted by molar-refractivity contribution is 0.0702. The molecule has 130 valence electrons. The molecule has 4 heteroatoms. The van der Waals surface area contributed by atoms with Crippen molar-refractivity contribution in [2.75, 3.05) is 11.5 Å². The molecule has 0 saturated carbocycles. The van der Waals surface area contributed by atoms with E-state index in [0.717, 1.165) is 0 Å². The van der Waals surface area contributed by atoms with Gasteiger partial charge in [0.25, 0.3) is 0 Å². The van der Waals surface area contributed by atoms with Crippen LogP contribution in [0.15, 0.2) is 16.4 Å². The molecule has 0 amide bonds. The predicted molar refractivity (Wildman–Crippen MR) is 104 cm³/mol. The Morgan fingerprint density at radius 1 is 1.04 bits per heavy atom. The zero-order chi connectivity index (χ0) is 16.7. The fraction of sp³-hybridized carbons (Fsp3) is 0.632. The third-order valence-corrected chi connectivity index (χ3v) is 9.70. The number of rotatable bonds is 11. The van der Waals surface area contributed by atoms with Gasteiger partial charge in [0.1, 0.15) is 4.88 Å². The van der Waals surface area contributed by atoms with Crippen LogP contribution in [-0.4, -0.2) is 22.6 Å². The molecule has 0 radical (unpaired) electrons. The molecule has 0 aliphatic carbocycles. The average Bonchev–Trinajstić information content (AvgIpc) is 3.09. The maximum atomic E-state index is 11.3. The number of unbranched alkanes of at least 4 members (excludes halogenated alkanes) is 6. The highest BCUT2D eigenvalue weighted by molar-refractivity contribution is 8.36. The molecule has 1 aliphatic rings. The van der Waals surface area contributed by atoms with Crippen molar-refractivity contribution in [2.24, 2.45) is 0 Å². The van der Waals surface area contributed by atoms with Crippen molar-refractivity contribution in [3.05, 3.63) is 21.2 Å². The van der Waals surface area contributed by atoms with E-state index in [9.17, 15) is 9.90 Å². The van der Waals surface area contributed by atoms with E-state index in [2.05, 4.69) is 25.3 Å². The van der Waals surface area contributed by atoms with E-state index < -0.39 is 16.0 Å². The molecule has 0 fully saturated rings. The van der Waals surface area contributed by atoms with Crippen LogP contribution in [0.25, 0.3) is 6.08 Å². The normalized spacial score (nSPS) is 16.4. The molecule has 1 aromatic heterocycles. The van der Waals surface area contributed by atoms with Crippen molar-refractivity contribution < 1.29 is 9.90 Å². The van der Waals surface area contributed by atoms with E-state index in [1.54, 1.807) is 0 Å². The Balaban J connectivity index is 2.12. The molecule has 2 heterocycles. The van der Waals surface area contributed by atoms with Crippen LogP contribution in [0.4, 0.5) is 0 Å². The van der Waals surface area contributed by atoms with Gasteiger partial charge in [0.2, 0.25) is 0 Å². The molecule has 0 saturated heterocycles. The summed E-state index contributed by atoms with van der Waals surface area (Å²) < 4.78 is 0. The summed E-state index contributed by atoms with van der Waals surface area (Å²) in [5, 5.41) is 11.8. The minimum atomic E-state index is -0.928. The lowest BCUT2D eigenvalue weighted by Crippen LogP contribution is -2.07. The number of aromatic carboxylic acids is 1. The summed E-state index contributed by atoms with van der Waals surface area (Å²) in [6.07, 6.45) is 12.5. The molecule has 23 heavy (non-hydrogen) atoms. The Labute approximate surface area is 146 Å². The van der Waals surface area contributed by atoms with Gasteiger partial charge < -0.3 is 5.11 Å². The molecular weight excluding hydrogens is 324 g/mol. The Bertz CT molecular complexity index is 534. The van der Waals surface area contributed by atoms with Gasteiger partial charge >= 0.3 is 5.97 Å². The molecule has 0 spiro atoms. The second-order valence-electron chi connectivity index (χ2n) is 6.42. The summed E-state index contributed by atoms with van der Waals surface area (Å²) in [7, 11) is -0.928. The number of carboxylic acid groups (broad SMARTS) is 1. The zero-order valence-electron chi connectivity index (χ0n) is 14.5. The van der Waals surface area contributed by atoms with Crippen LogP contribution in [0, 0.1) is 0 Å². The van der Waals surface area contributed by atoms with Crippen molar-refractivity contribution in [2.45, 2.75) is 70.1 Å². The summed E-state index contributed by atoms with van der Waals surface area (Å²) in [6.45, 7) is 4.50. The zero-order valence-corrected chi connectivity index (χ0v) is 16.1. The number of hydrogen-bond donors (Lipinski definition) is 1. The van der Waals surface area contributed by atoms with Crippen LogP contribution in [0.1, 0.15) is 79.8 Å². The van der Waals surface area contributed by atoms with E-state index in [4.69, 9.17) is 0 Å². The molecule has 0 aromatic carbocycles. The fourth-order valence-electron chi connectivity index (χ4n) is 3.22. The van der Waals surface area contributed by atoms with Crippen molar-refractivity contribution in [1.82, 2.24) is 0 Å². The molecule has 2 rings (SSSR count). The first-order valence-electron chi connectivity index (χ1n) is 8.97. The van der Waals surface area contributed by atoms with E-state index in [-0.39, 0.29) is 0 Å².